The van der Waals surface area contributed by atoms with E-state index in [-0.39, 0.29) is 5.97 Å². The topological polar surface area (TPSA) is 26.3 Å². The third-order valence-corrected chi connectivity index (χ3v) is 16.7. The number of hydrogen-bond donors (Lipinski definition) is 0. The first-order valence-electron chi connectivity index (χ1n) is 7.75. The molecule has 0 rings (SSSR count). The van der Waals surface area contributed by atoms with Gasteiger partial charge in [0.2, 0.25) is 0 Å². The molecule has 0 amide bonds. The second-order valence-corrected chi connectivity index (χ2v) is 17.6. The van der Waals surface area contributed by atoms with Gasteiger partial charge in [-0.25, -0.2) is 0 Å². The van der Waals surface area contributed by atoms with Crippen LogP contribution in [0.25, 0.3) is 0 Å². The van der Waals surface area contributed by atoms with Gasteiger partial charge in [0.05, 0.1) is 0 Å². The molecular weight excluding hydrogens is 343 g/mol. The van der Waals surface area contributed by atoms with Gasteiger partial charge in [0.1, 0.15) is 0 Å². The van der Waals surface area contributed by atoms with E-state index in [1.807, 2.05) is 0 Å². The van der Waals surface area contributed by atoms with E-state index in [1.165, 1.54) is 58.9 Å². The van der Waals surface area contributed by atoms with Gasteiger partial charge in [-0.2, -0.15) is 0 Å². The average Bonchev–Trinajstić information content (AvgIpc) is 2.45. The third kappa shape index (κ3) is 8.57. The molecule has 0 aromatic heterocycles. The molecule has 0 aromatic carbocycles. The monoisotopic (exact) mass is 374 g/mol. The van der Waals surface area contributed by atoms with Gasteiger partial charge < -0.3 is 0 Å². The molecule has 0 heterocycles. The van der Waals surface area contributed by atoms with Crippen LogP contribution in [-0.2, 0) is 9.53 Å². The quantitative estimate of drug-likeness (QED) is 0.337. The van der Waals surface area contributed by atoms with E-state index in [4.69, 9.17) is 0 Å². The van der Waals surface area contributed by atoms with Crippen molar-refractivity contribution in [3.8, 4) is 9.86 Å². The van der Waals surface area contributed by atoms with Crippen LogP contribution >= 0.6 is 0 Å². The molecule has 0 aliphatic carbocycles. The van der Waals surface area contributed by atoms with Gasteiger partial charge in [-0.3, -0.25) is 0 Å². The van der Waals surface area contributed by atoms with Crippen LogP contribution in [0.3, 0.4) is 0 Å². The number of rotatable bonds is 9. The minimum absolute atomic E-state index is 0.356. The van der Waals surface area contributed by atoms with Gasteiger partial charge in [-0.05, 0) is 0 Å². The van der Waals surface area contributed by atoms with Crippen molar-refractivity contribution < 1.29 is 9.53 Å². The molecule has 2 nitrogen and oxygen atoms in total. The minimum atomic E-state index is -2.43. The summed E-state index contributed by atoms with van der Waals surface area (Å²) in [6, 6.07) is 0. The second-order valence-electron chi connectivity index (χ2n) is 5.33. The molecule has 0 aliphatic rings. The van der Waals surface area contributed by atoms with Crippen LogP contribution in [0.2, 0.25) is 13.3 Å². The Hall–Kier alpha value is -0.171. The molecule has 0 unspecified atom stereocenters. The molecule has 0 bridgehead atoms. The van der Waals surface area contributed by atoms with E-state index in [0.717, 1.165) is 0 Å². The number of carbonyl (C=O) groups is 1. The van der Waals surface area contributed by atoms with Crippen molar-refractivity contribution in [2.45, 2.75) is 72.6 Å². The summed E-state index contributed by atoms with van der Waals surface area (Å²) in [7, 11) is 1.42. The number of ether oxygens (including phenoxy) is 1. The second kappa shape index (κ2) is 11.6. The van der Waals surface area contributed by atoms with Crippen LogP contribution < -0.4 is 0 Å². The van der Waals surface area contributed by atoms with Gasteiger partial charge in [0, 0.05) is 0 Å². The van der Waals surface area contributed by atoms with Crippen molar-refractivity contribution in [1.82, 2.24) is 0 Å². The predicted octanol–water partition coefficient (Wildman–Crippen LogP) is 4.55. The van der Waals surface area contributed by atoms with Crippen molar-refractivity contribution in [3.05, 3.63) is 0 Å². The number of hydrogen-bond acceptors (Lipinski definition) is 2. The summed E-state index contributed by atoms with van der Waals surface area (Å²) in [6.45, 7) is 6.72. The van der Waals surface area contributed by atoms with Crippen molar-refractivity contribution in [1.29, 1.82) is 0 Å². The summed E-state index contributed by atoms with van der Waals surface area (Å²) in [6.07, 6.45) is 7.53. The normalized spacial score (nSPS) is 10.7. The molecule has 0 radical (unpaired) electrons. The van der Waals surface area contributed by atoms with Crippen LogP contribution in [0.15, 0.2) is 0 Å². The molecule has 19 heavy (non-hydrogen) atoms. The zero-order chi connectivity index (χ0) is 14.6. The summed E-state index contributed by atoms with van der Waals surface area (Å²) in [5.41, 5.74) is 0. The Bertz CT molecular complexity index is 280. The standard InChI is InChI=1S/C4H3O2.3C4H9.Sn/c1-3-4(5)6-2;3*1-3-4-2;/h2H3;3*1,3-4H2,2H3;. The van der Waals surface area contributed by atoms with Crippen LogP contribution in [-0.4, -0.2) is 31.5 Å². The number of unbranched alkanes of at least 4 members (excludes halogenated alkanes) is 3. The summed E-state index contributed by atoms with van der Waals surface area (Å²) < 4.78 is 12.1. The fraction of sp³-hybridized carbons (Fsp3) is 0.812. The number of methoxy groups -OCH3 is 1. The average molecular weight is 373 g/mol. The van der Waals surface area contributed by atoms with Gasteiger partial charge >= 0.3 is 123 Å². The van der Waals surface area contributed by atoms with Gasteiger partial charge in [0.15, 0.2) is 0 Å². The van der Waals surface area contributed by atoms with Gasteiger partial charge in [0.25, 0.3) is 0 Å². The molecule has 110 valence electrons. The molecule has 0 aromatic rings. The van der Waals surface area contributed by atoms with Crippen molar-refractivity contribution in [3.63, 3.8) is 0 Å². The molecular formula is C16H30O2Sn. The fourth-order valence-electron chi connectivity index (χ4n) is 2.34. The number of esters is 1. The Morgan fingerprint density at radius 2 is 1.37 bits per heavy atom. The van der Waals surface area contributed by atoms with Gasteiger partial charge in [-0.15, -0.1) is 0 Å². The first-order chi connectivity index (χ1) is 9.14. The third-order valence-electron chi connectivity index (χ3n) is 3.64. The summed E-state index contributed by atoms with van der Waals surface area (Å²) in [5, 5.41) is 0. The van der Waals surface area contributed by atoms with Crippen molar-refractivity contribution in [2.75, 3.05) is 7.11 Å². The van der Waals surface area contributed by atoms with Crippen molar-refractivity contribution in [2.24, 2.45) is 0 Å². The molecule has 3 heteroatoms. The zero-order valence-corrected chi connectivity index (χ0v) is 16.0. The Labute approximate surface area is 123 Å². The maximum atomic E-state index is 11.3. The zero-order valence-electron chi connectivity index (χ0n) is 13.2. The van der Waals surface area contributed by atoms with Crippen molar-refractivity contribution >= 4 is 24.3 Å². The first-order valence-corrected chi connectivity index (χ1v) is 15.2. The Kier molecular flexibility index (Phi) is 11.5. The molecule has 0 saturated carbocycles. The Morgan fingerprint density at radius 3 is 1.68 bits per heavy atom. The van der Waals surface area contributed by atoms with E-state index in [9.17, 15) is 4.79 Å². The van der Waals surface area contributed by atoms with Crippen LogP contribution in [0.1, 0.15) is 59.3 Å². The molecule has 0 spiro atoms. The molecule has 0 N–H and O–H groups in total. The van der Waals surface area contributed by atoms with E-state index in [1.54, 1.807) is 0 Å². The van der Waals surface area contributed by atoms with Crippen LogP contribution in [0.5, 0.6) is 0 Å². The van der Waals surface area contributed by atoms with E-state index >= 15 is 0 Å². The molecule has 0 fully saturated rings. The van der Waals surface area contributed by atoms with Crippen LogP contribution in [0.4, 0.5) is 0 Å². The Morgan fingerprint density at radius 1 is 0.947 bits per heavy atom. The summed E-state index contributed by atoms with van der Waals surface area (Å²) in [4.78, 5) is 11.3. The first kappa shape index (κ1) is 18.8. The van der Waals surface area contributed by atoms with E-state index in [2.05, 4.69) is 35.4 Å². The predicted molar refractivity (Wildman–Crippen MR) is 84.7 cm³/mol. The summed E-state index contributed by atoms with van der Waals surface area (Å²) in [5.74, 6) is 2.43. The fourth-order valence-corrected chi connectivity index (χ4v) is 15.4. The van der Waals surface area contributed by atoms with E-state index in [0.29, 0.717) is 0 Å². The molecule has 0 saturated heterocycles. The summed E-state index contributed by atoms with van der Waals surface area (Å²) >= 11 is -2.43. The molecule has 0 aliphatic heterocycles. The Balaban J connectivity index is 4.94. The maximum absolute atomic E-state index is 11.3. The number of carbonyl (C=O) groups excluding carboxylic acids is 1. The SMILES string of the molecule is CCC[CH2][Sn]([C]#CC(=O)OC)([CH2]CCC)[CH2]CCC. The molecule has 0 atom stereocenters. The van der Waals surface area contributed by atoms with Gasteiger partial charge in [-0.1, -0.05) is 0 Å². The van der Waals surface area contributed by atoms with E-state index < -0.39 is 18.4 Å². The van der Waals surface area contributed by atoms with Crippen LogP contribution in [0, 0.1) is 9.86 Å².